The number of hydrogen-bond acceptors (Lipinski definition) is 4. The fourth-order valence-corrected chi connectivity index (χ4v) is 9.51. The molecule has 2 aromatic heterocycles. The standard InChI is InChI=1S/C60H49N7/c61-58(45-25-11-3-12-26-45)64-60(46-27-13-4-14-28-46)63-40-43-37-47(44-23-9-2-10-24-44)39-50(38-43)66-53-34-20-19-33-51(53)52-35-36-54-55(56(52)66)57(59(62)67(54)49-31-17-6-18-32-49)65(48-29-15-5-16-30-48)41-42-21-7-1-8-22-42/h1-39,60,63H,40-41,62H2,(H2,61,64). The molecular weight excluding hydrogens is 819 g/mol. The van der Waals surface area contributed by atoms with Crippen molar-refractivity contribution in [3.05, 3.63) is 259 Å². The lowest BCUT2D eigenvalue weighted by molar-refractivity contribution is 0.554. The first kappa shape index (κ1) is 41.1. The van der Waals surface area contributed by atoms with Crippen molar-refractivity contribution in [3.63, 3.8) is 0 Å². The average molecular weight is 868 g/mol. The van der Waals surface area contributed by atoms with Gasteiger partial charge in [-0.1, -0.05) is 182 Å². The van der Waals surface area contributed by atoms with Crippen molar-refractivity contribution < 1.29 is 0 Å². The van der Waals surface area contributed by atoms with Crippen LogP contribution >= 0.6 is 0 Å². The van der Waals surface area contributed by atoms with Crippen molar-refractivity contribution in [2.75, 3.05) is 10.6 Å². The number of para-hydroxylation sites is 3. The van der Waals surface area contributed by atoms with Crippen molar-refractivity contribution in [2.45, 2.75) is 19.3 Å². The molecule has 11 aromatic rings. The van der Waals surface area contributed by atoms with Crippen LogP contribution in [0.4, 0.5) is 17.2 Å². The number of aliphatic imine (C=N–C) groups is 1. The molecule has 0 bridgehead atoms. The zero-order valence-corrected chi connectivity index (χ0v) is 37.0. The van der Waals surface area contributed by atoms with E-state index >= 15 is 0 Å². The van der Waals surface area contributed by atoms with E-state index in [1.807, 2.05) is 54.6 Å². The van der Waals surface area contributed by atoms with Gasteiger partial charge in [-0.05, 0) is 82.4 Å². The number of nitrogens with one attached hydrogen (secondary N) is 1. The molecule has 0 spiro atoms. The smallest absolute Gasteiger partial charge is 0.133 e. The van der Waals surface area contributed by atoms with Gasteiger partial charge in [-0.2, -0.15) is 0 Å². The van der Waals surface area contributed by atoms with Gasteiger partial charge in [0.15, 0.2) is 0 Å². The van der Waals surface area contributed by atoms with E-state index in [4.69, 9.17) is 16.5 Å². The lowest BCUT2D eigenvalue weighted by atomic mass is 10.0. The minimum absolute atomic E-state index is 0.394. The Bertz CT molecular complexity index is 3490. The van der Waals surface area contributed by atoms with Crippen LogP contribution in [-0.2, 0) is 13.1 Å². The molecule has 2 heterocycles. The van der Waals surface area contributed by atoms with E-state index < -0.39 is 6.17 Å². The SMILES string of the molecule is N/C(=N\C(NCc1cc(-c2ccccc2)cc(-n2c3ccccc3c3ccc4c(c(N(Cc5ccccc5)c5ccccc5)c(N)n4-c4ccccc4)c32)c1)c1ccccc1)c1ccccc1. The van der Waals surface area contributed by atoms with Gasteiger partial charge in [-0.25, -0.2) is 4.99 Å². The summed E-state index contributed by atoms with van der Waals surface area (Å²) in [4.78, 5) is 7.46. The second-order valence-electron chi connectivity index (χ2n) is 16.8. The van der Waals surface area contributed by atoms with E-state index in [-0.39, 0.29) is 0 Å². The van der Waals surface area contributed by atoms with Gasteiger partial charge >= 0.3 is 0 Å². The largest absolute Gasteiger partial charge is 0.383 e. The fraction of sp³-hybridized carbons (Fsp3) is 0.0500. The van der Waals surface area contributed by atoms with E-state index in [1.165, 1.54) is 5.56 Å². The van der Waals surface area contributed by atoms with Crippen LogP contribution in [-0.4, -0.2) is 15.0 Å². The van der Waals surface area contributed by atoms with Gasteiger partial charge < -0.3 is 20.9 Å². The first-order chi connectivity index (χ1) is 33.1. The zero-order valence-electron chi connectivity index (χ0n) is 37.0. The summed E-state index contributed by atoms with van der Waals surface area (Å²) in [6.45, 7) is 1.13. The normalized spacial score (nSPS) is 12.2. The Morgan fingerprint density at radius 3 is 1.85 bits per heavy atom. The highest BCUT2D eigenvalue weighted by atomic mass is 15.2. The van der Waals surface area contributed by atoms with E-state index in [0.717, 1.165) is 83.3 Å². The van der Waals surface area contributed by atoms with Crippen LogP contribution in [0, 0.1) is 0 Å². The maximum absolute atomic E-state index is 7.61. The van der Waals surface area contributed by atoms with Gasteiger partial charge in [0.2, 0.25) is 0 Å². The van der Waals surface area contributed by atoms with Gasteiger partial charge in [-0.15, -0.1) is 0 Å². The minimum Gasteiger partial charge on any atom is -0.383 e. The molecule has 7 nitrogen and oxygen atoms in total. The van der Waals surface area contributed by atoms with Crippen molar-refractivity contribution in [1.29, 1.82) is 0 Å². The van der Waals surface area contributed by atoms with E-state index in [2.05, 4.69) is 201 Å². The molecule has 0 amide bonds. The van der Waals surface area contributed by atoms with Crippen molar-refractivity contribution in [2.24, 2.45) is 10.7 Å². The Morgan fingerprint density at radius 1 is 0.522 bits per heavy atom. The third-order valence-corrected chi connectivity index (χ3v) is 12.6. The molecule has 5 N–H and O–H groups in total. The summed E-state index contributed by atoms with van der Waals surface area (Å²) < 4.78 is 4.67. The number of amidine groups is 1. The lowest BCUT2D eigenvalue weighted by Gasteiger charge is -2.26. The van der Waals surface area contributed by atoms with Gasteiger partial charge in [0, 0.05) is 46.5 Å². The summed E-state index contributed by atoms with van der Waals surface area (Å²) in [6.07, 6.45) is -0.394. The molecule has 324 valence electrons. The molecule has 0 saturated carbocycles. The lowest BCUT2D eigenvalue weighted by Crippen LogP contribution is -2.24. The number of nitrogen functional groups attached to an aromatic ring is 1. The highest BCUT2D eigenvalue weighted by molar-refractivity contribution is 6.24. The Balaban J connectivity index is 1.16. The summed E-state index contributed by atoms with van der Waals surface area (Å²) in [5.74, 6) is 1.14. The number of benzene rings is 9. The van der Waals surface area contributed by atoms with Crippen LogP contribution in [0.3, 0.4) is 0 Å². The second-order valence-corrected chi connectivity index (χ2v) is 16.8. The zero-order chi connectivity index (χ0) is 45.1. The Kier molecular flexibility index (Phi) is 11.1. The van der Waals surface area contributed by atoms with Gasteiger partial charge in [0.1, 0.15) is 17.8 Å². The molecule has 67 heavy (non-hydrogen) atoms. The van der Waals surface area contributed by atoms with Crippen LogP contribution in [0.1, 0.15) is 28.4 Å². The first-order valence-corrected chi connectivity index (χ1v) is 22.7. The molecule has 0 aliphatic carbocycles. The van der Waals surface area contributed by atoms with Gasteiger partial charge in [0.05, 0.1) is 27.6 Å². The third-order valence-electron chi connectivity index (χ3n) is 12.6. The quantitative estimate of drug-likeness (QED) is 0.0795. The molecule has 0 radical (unpaired) electrons. The molecule has 1 unspecified atom stereocenters. The number of anilines is 3. The average Bonchev–Trinajstić information content (AvgIpc) is 3.89. The molecule has 9 aromatic carbocycles. The monoisotopic (exact) mass is 867 g/mol. The van der Waals surface area contributed by atoms with Crippen LogP contribution in [0.5, 0.6) is 0 Å². The summed E-state index contributed by atoms with van der Waals surface area (Å²) in [5.41, 5.74) is 27.9. The molecule has 11 rings (SSSR count). The number of aromatic nitrogens is 2. The first-order valence-electron chi connectivity index (χ1n) is 22.7. The number of nitrogens with two attached hydrogens (primary N) is 2. The molecule has 0 aliphatic heterocycles. The van der Waals surface area contributed by atoms with Crippen LogP contribution in [0.2, 0.25) is 0 Å². The highest BCUT2D eigenvalue weighted by Crippen LogP contribution is 2.48. The van der Waals surface area contributed by atoms with Crippen LogP contribution in [0.15, 0.2) is 242 Å². The summed E-state index contributed by atoms with van der Waals surface area (Å²) in [5, 5.41) is 7.16. The summed E-state index contributed by atoms with van der Waals surface area (Å²) in [7, 11) is 0. The predicted molar refractivity (Wildman–Crippen MR) is 279 cm³/mol. The van der Waals surface area contributed by atoms with Crippen LogP contribution in [0.25, 0.3) is 55.2 Å². The highest BCUT2D eigenvalue weighted by Gasteiger charge is 2.28. The Morgan fingerprint density at radius 2 is 1.13 bits per heavy atom. The molecular formula is C60H49N7. The molecule has 1 atom stereocenters. The molecule has 7 heteroatoms. The topological polar surface area (TPSA) is 89.5 Å². The third kappa shape index (κ3) is 7.98. The van der Waals surface area contributed by atoms with Crippen LogP contribution < -0.4 is 21.7 Å². The number of hydrogen-bond donors (Lipinski definition) is 3. The Hall–Kier alpha value is -8.65. The van der Waals surface area contributed by atoms with Crippen molar-refractivity contribution in [3.8, 4) is 22.5 Å². The number of fused-ring (bicyclic) bond motifs is 5. The molecule has 0 fully saturated rings. The van der Waals surface area contributed by atoms with E-state index in [9.17, 15) is 0 Å². The maximum atomic E-state index is 7.61. The van der Waals surface area contributed by atoms with Crippen molar-refractivity contribution in [1.82, 2.24) is 14.5 Å². The molecule has 0 saturated heterocycles. The maximum Gasteiger partial charge on any atom is 0.133 e. The molecule has 0 aliphatic rings. The minimum atomic E-state index is -0.394. The predicted octanol–water partition coefficient (Wildman–Crippen LogP) is 13.5. The van der Waals surface area contributed by atoms with Gasteiger partial charge in [-0.3, -0.25) is 9.88 Å². The second kappa shape index (κ2) is 18.1. The van der Waals surface area contributed by atoms with E-state index in [1.54, 1.807) is 0 Å². The number of rotatable bonds is 13. The fourth-order valence-electron chi connectivity index (χ4n) is 9.51. The summed E-state index contributed by atoms with van der Waals surface area (Å²) in [6, 6.07) is 82.7. The number of nitrogens with zero attached hydrogens (tertiary/aromatic N) is 4. The Labute approximate surface area is 390 Å². The van der Waals surface area contributed by atoms with Gasteiger partial charge in [0.25, 0.3) is 0 Å². The van der Waals surface area contributed by atoms with Crippen molar-refractivity contribution >= 4 is 55.7 Å². The summed E-state index contributed by atoms with van der Waals surface area (Å²) >= 11 is 0. The van der Waals surface area contributed by atoms with E-state index in [0.29, 0.717) is 24.7 Å².